The molecule has 8 heteroatoms. The number of carboxylic acid groups (broad SMARTS) is 1. The van der Waals surface area contributed by atoms with Gasteiger partial charge in [-0.1, -0.05) is 95.9 Å². The van der Waals surface area contributed by atoms with Crippen LogP contribution in [0.25, 0.3) is 0 Å². The number of esters is 2. The van der Waals surface area contributed by atoms with E-state index in [0.717, 1.165) is 77.0 Å². The van der Waals surface area contributed by atoms with Gasteiger partial charge in [0.1, 0.15) is 12.6 Å². The molecule has 0 aromatic heterocycles. The van der Waals surface area contributed by atoms with Crippen molar-refractivity contribution < 1.29 is 38.2 Å². The summed E-state index contributed by atoms with van der Waals surface area (Å²) in [5.41, 5.74) is 0. The van der Waals surface area contributed by atoms with Gasteiger partial charge in [-0.25, -0.2) is 0 Å². The first-order valence-electron chi connectivity index (χ1n) is 16.9. The zero-order valence-corrected chi connectivity index (χ0v) is 28.1. The number of hydrogen-bond donors (Lipinski definition) is 0. The van der Waals surface area contributed by atoms with Crippen molar-refractivity contribution in [2.24, 2.45) is 0 Å². The van der Waals surface area contributed by atoms with Crippen molar-refractivity contribution in [1.29, 1.82) is 0 Å². The molecule has 250 valence electrons. The molecule has 0 N–H and O–H groups in total. The number of carbonyl (C=O) groups excluding carboxylic acids is 3. The van der Waals surface area contributed by atoms with Crippen molar-refractivity contribution in [3.8, 4) is 0 Å². The molecule has 0 amide bonds. The predicted molar refractivity (Wildman–Crippen MR) is 171 cm³/mol. The van der Waals surface area contributed by atoms with Crippen LogP contribution < -0.4 is 5.11 Å². The van der Waals surface area contributed by atoms with Crippen LogP contribution >= 0.6 is 0 Å². The monoisotopic (exact) mass is 609 g/mol. The number of aliphatic carboxylic acids is 1. The van der Waals surface area contributed by atoms with E-state index in [-0.39, 0.29) is 42.7 Å². The van der Waals surface area contributed by atoms with E-state index in [1.807, 2.05) is 0 Å². The van der Waals surface area contributed by atoms with E-state index in [1.165, 1.54) is 19.3 Å². The molecule has 0 spiro atoms. The molecule has 43 heavy (non-hydrogen) atoms. The van der Waals surface area contributed by atoms with Gasteiger partial charge in [0.25, 0.3) is 0 Å². The summed E-state index contributed by atoms with van der Waals surface area (Å²) in [5, 5.41) is 11.5. The van der Waals surface area contributed by atoms with Gasteiger partial charge in [0.05, 0.1) is 40.3 Å². The van der Waals surface area contributed by atoms with Crippen molar-refractivity contribution in [2.45, 2.75) is 142 Å². The highest BCUT2D eigenvalue weighted by Crippen LogP contribution is 2.12. The molecule has 0 rings (SSSR count). The van der Waals surface area contributed by atoms with Crippen LogP contribution in [0.5, 0.6) is 0 Å². The number of rotatable bonds is 29. The Morgan fingerprint density at radius 1 is 0.698 bits per heavy atom. The molecule has 0 aromatic rings. The molecule has 2 unspecified atom stereocenters. The lowest BCUT2D eigenvalue weighted by molar-refractivity contribution is -0.889. The third kappa shape index (κ3) is 26.0. The maximum absolute atomic E-state index is 12.5. The van der Waals surface area contributed by atoms with Crippen molar-refractivity contribution >= 4 is 17.9 Å². The van der Waals surface area contributed by atoms with E-state index in [0.29, 0.717) is 12.8 Å². The largest absolute Gasteiger partial charge is 0.544 e. The van der Waals surface area contributed by atoms with E-state index < -0.39 is 18.1 Å². The standard InChI is InChI=1S/C35H63NO7/c1-6-8-10-12-13-14-15-16-17-18-19-20-22-24-26-34(38)43-31(30-42-33(37)25-23-21-11-9-7-2)29-41-28-27-32(35(39)40)36(3,4)5/h12-13,15-16,31-32H,6-11,14,17-30H2,1-5H3/b13-12-,16-15-. The topological polar surface area (TPSA) is 102 Å². The fourth-order valence-electron chi connectivity index (χ4n) is 4.61. The highest BCUT2D eigenvalue weighted by Gasteiger charge is 2.25. The number of ether oxygens (including phenoxy) is 3. The maximum atomic E-state index is 12.5. The van der Waals surface area contributed by atoms with Crippen LogP contribution in [0.1, 0.15) is 129 Å². The van der Waals surface area contributed by atoms with Gasteiger partial charge in [-0.2, -0.15) is 0 Å². The molecule has 0 heterocycles. The molecule has 0 aliphatic carbocycles. The number of allylic oxidation sites excluding steroid dienone is 4. The number of likely N-dealkylation sites (N-methyl/N-ethyl adjacent to an activating group) is 1. The summed E-state index contributed by atoms with van der Waals surface area (Å²) >= 11 is 0. The summed E-state index contributed by atoms with van der Waals surface area (Å²) < 4.78 is 16.9. The van der Waals surface area contributed by atoms with Gasteiger partial charge in [-0.15, -0.1) is 0 Å². The van der Waals surface area contributed by atoms with Crippen LogP contribution in [-0.4, -0.2) is 75.5 Å². The van der Waals surface area contributed by atoms with Crippen molar-refractivity contribution in [1.82, 2.24) is 0 Å². The molecule has 0 bridgehead atoms. The number of quaternary nitrogens is 1. The average Bonchev–Trinajstić information content (AvgIpc) is 2.94. The molecule has 0 saturated carbocycles. The Morgan fingerprint density at radius 3 is 1.86 bits per heavy atom. The highest BCUT2D eigenvalue weighted by molar-refractivity contribution is 5.70. The molecule has 0 fully saturated rings. The SMILES string of the molecule is CCCC/C=C\C/C=C\CCCCCCCC(=O)OC(COCCC(C(=O)[O-])[N+](C)(C)C)COC(=O)CCCCCCC. The fourth-order valence-corrected chi connectivity index (χ4v) is 4.61. The second kappa shape index (κ2) is 27.4. The summed E-state index contributed by atoms with van der Waals surface area (Å²) in [6.07, 6.45) is 25.2. The van der Waals surface area contributed by atoms with Crippen LogP contribution in [-0.2, 0) is 28.6 Å². The Labute approximate surface area is 262 Å². The van der Waals surface area contributed by atoms with Crippen molar-refractivity contribution in [2.75, 3.05) is 41.0 Å². The second-order valence-corrected chi connectivity index (χ2v) is 12.4. The van der Waals surface area contributed by atoms with Crippen molar-refractivity contribution in [3.63, 3.8) is 0 Å². The van der Waals surface area contributed by atoms with E-state index in [2.05, 4.69) is 38.2 Å². The molecule has 0 radical (unpaired) electrons. The van der Waals surface area contributed by atoms with E-state index in [9.17, 15) is 19.5 Å². The van der Waals surface area contributed by atoms with Gasteiger partial charge >= 0.3 is 11.9 Å². The molecule has 0 aliphatic heterocycles. The number of unbranched alkanes of at least 4 members (excludes halogenated alkanes) is 11. The van der Waals surface area contributed by atoms with E-state index in [4.69, 9.17) is 14.2 Å². The van der Waals surface area contributed by atoms with Gasteiger partial charge in [0.2, 0.25) is 0 Å². The number of carboxylic acids is 1. The van der Waals surface area contributed by atoms with Gasteiger partial charge < -0.3 is 28.6 Å². The van der Waals surface area contributed by atoms with Crippen LogP contribution in [0.2, 0.25) is 0 Å². The minimum absolute atomic E-state index is 0.0362. The zero-order valence-electron chi connectivity index (χ0n) is 28.1. The molecular weight excluding hydrogens is 546 g/mol. The molecule has 8 nitrogen and oxygen atoms in total. The summed E-state index contributed by atoms with van der Waals surface area (Å²) in [7, 11) is 5.37. The minimum Gasteiger partial charge on any atom is -0.544 e. The van der Waals surface area contributed by atoms with Crippen LogP contribution in [0, 0.1) is 0 Å². The highest BCUT2D eigenvalue weighted by atomic mass is 16.6. The zero-order chi connectivity index (χ0) is 32.2. The maximum Gasteiger partial charge on any atom is 0.306 e. The lowest BCUT2D eigenvalue weighted by Gasteiger charge is -2.34. The molecule has 0 aromatic carbocycles. The van der Waals surface area contributed by atoms with Gasteiger partial charge in [-0.3, -0.25) is 9.59 Å². The van der Waals surface area contributed by atoms with Gasteiger partial charge in [0, 0.05) is 19.3 Å². The lowest BCUT2D eigenvalue weighted by atomic mass is 10.1. The third-order valence-electron chi connectivity index (χ3n) is 7.34. The normalized spacial score (nSPS) is 13.4. The first-order chi connectivity index (χ1) is 20.6. The molecule has 2 atom stereocenters. The number of hydrogen-bond acceptors (Lipinski definition) is 7. The minimum atomic E-state index is -1.13. The first-order valence-corrected chi connectivity index (χ1v) is 16.9. The summed E-state index contributed by atoms with van der Waals surface area (Å²) in [4.78, 5) is 36.2. The molecule has 0 saturated heterocycles. The number of carbonyl (C=O) groups is 3. The summed E-state index contributed by atoms with van der Waals surface area (Å²) in [6, 6.07) is -0.722. The number of nitrogens with zero attached hydrogens (tertiary/aromatic N) is 1. The van der Waals surface area contributed by atoms with E-state index in [1.54, 1.807) is 21.1 Å². The quantitative estimate of drug-likeness (QED) is 0.0415. The first kappa shape index (κ1) is 40.8. The van der Waals surface area contributed by atoms with Gasteiger partial charge in [-0.05, 0) is 38.5 Å². The smallest absolute Gasteiger partial charge is 0.306 e. The Morgan fingerprint density at radius 2 is 1.26 bits per heavy atom. The predicted octanol–water partition coefficient (Wildman–Crippen LogP) is 6.46. The Hall–Kier alpha value is -2.19. The molecule has 0 aliphatic rings. The Balaban J connectivity index is 4.43. The van der Waals surface area contributed by atoms with Crippen LogP contribution in [0.15, 0.2) is 24.3 Å². The Kier molecular flexibility index (Phi) is 26.0. The Bertz CT molecular complexity index is 773. The third-order valence-corrected chi connectivity index (χ3v) is 7.34. The van der Waals surface area contributed by atoms with Crippen LogP contribution in [0.3, 0.4) is 0 Å². The van der Waals surface area contributed by atoms with Crippen molar-refractivity contribution in [3.05, 3.63) is 24.3 Å². The fraction of sp³-hybridized carbons (Fsp3) is 0.800. The van der Waals surface area contributed by atoms with E-state index >= 15 is 0 Å². The summed E-state index contributed by atoms with van der Waals surface area (Å²) in [6.45, 7) is 4.49. The summed E-state index contributed by atoms with van der Waals surface area (Å²) in [5.74, 6) is -1.77. The second-order valence-electron chi connectivity index (χ2n) is 12.4. The van der Waals surface area contributed by atoms with Crippen LogP contribution in [0.4, 0.5) is 0 Å². The average molecular weight is 610 g/mol. The molecular formula is C35H63NO7. The van der Waals surface area contributed by atoms with Gasteiger partial charge in [0.15, 0.2) is 6.10 Å². The lowest BCUT2D eigenvalue weighted by Crippen LogP contribution is -2.55.